The zero-order chi connectivity index (χ0) is 23.5. The number of methoxy groups -OCH3 is 1. The first kappa shape index (κ1) is 23.2. The van der Waals surface area contributed by atoms with Crippen molar-refractivity contribution < 1.29 is 27.5 Å². The SMILES string of the molecule is COc1ccc(N(CC(=O)Nc2cccc(Cl)c2)S(=O)(=O)C2C(=O)NC(=O)N=C2C)cc1. The van der Waals surface area contributed by atoms with E-state index in [9.17, 15) is 22.8 Å². The molecule has 1 unspecified atom stereocenters. The molecular formula is C20H19ClN4O6S. The first-order valence-electron chi connectivity index (χ1n) is 9.23. The highest BCUT2D eigenvalue weighted by Crippen LogP contribution is 2.25. The van der Waals surface area contributed by atoms with Crippen molar-refractivity contribution in [1.29, 1.82) is 0 Å². The number of urea groups is 1. The van der Waals surface area contributed by atoms with E-state index in [4.69, 9.17) is 16.3 Å². The van der Waals surface area contributed by atoms with Gasteiger partial charge in [0.05, 0.1) is 18.5 Å². The Kier molecular flexibility index (Phi) is 6.80. The van der Waals surface area contributed by atoms with Crippen molar-refractivity contribution >= 4 is 56.6 Å². The average Bonchev–Trinajstić information content (AvgIpc) is 2.71. The Morgan fingerprint density at radius 3 is 2.50 bits per heavy atom. The molecule has 4 amide bonds. The Labute approximate surface area is 189 Å². The molecule has 1 atom stereocenters. The normalized spacial score (nSPS) is 16.1. The highest BCUT2D eigenvalue weighted by Gasteiger charge is 2.43. The van der Waals surface area contributed by atoms with Gasteiger partial charge in [-0.3, -0.25) is 19.2 Å². The van der Waals surface area contributed by atoms with Crippen LogP contribution in [0.25, 0.3) is 0 Å². The van der Waals surface area contributed by atoms with Crippen LogP contribution in [0, 0.1) is 0 Å². The number of carbonyl (C=O) groups is 3. The number of nitrogens with zero attached hydrogens (tertiary/aromatic N) is 2. The summed E-state index contributed by atoms with van der Waals surface area (Å²) >= 11 is 5.92. The van der Waals surface area contributed by atoms with Gasteiger partial charge in [-0.2, -0.15) is 0 Å². The summed E-state index contributed by atoms with van der Waals surface area (Å²) in [7, 11) is -3.05. The fourth-order valence-electron chi connectivity index (χ4n) is 3.06. The van der Waals surface area contributed by atoms with E-state index in [-0.39, 0.29) is 11.4 Å². The summed E-state index contributed by atoms with van der Waals surface area (Å²) in [5.41, 5.74) is 0.283. The average molecular weight is 479 g/mol. The molecular weight excluding hydrogens is 460 g/mol. The van der Waals surface area contributed by atoms with Gasteiger partial charge in [0.25, 0.3) is 15.9 Å². The Morgan fingerprint density at radius 1 is 1.22 bits per heavy atom. The quantitative estimate of drug-likeness (QED) is 0.626. The molecule has 1 aliphatic rings. The van der Waals surface area contributed by atoms with Crippen LogP contribution in [-0.4, -0.2) is 50.9 Å². The van der Waals surface area contributed by atoms with E-state index >= 15 is 0 Å². The summed E-state index contributed by atoms with van der Waals surface area (Å²) in [6.45, 7) is 0.614. The summed E-state index contributed by atoms with van der Waals surface area (Å²) in [5.74, 6) is -1.25. The molecule has 0 bridgehead atoms. The molecule has 10 nitrogen and oxygen atoms in total. The highest BCUT2D eigenvalue weighted by molar-refractivity contribution is 7.95. The minimum Gasteiger partial charge on any atom is -0.497 e. The maximum absolute atomic E-state index is 13.5. The maximum Gasteiger partial charge on any atom is 0.347 e. The number of ether oxygens (including phenoxy) is 1. The Bertz CT molecular complexity index is 1200. The van der Waals surface area contributed by atoms with Crippen molar-refractivity contribution in [2.75, 3.05) is 23.3 Å². The molecule has 0 saturated carbocycles. The second-order valence-corrected chi connectivity index (χ2v) is 9.11. The fraction of sp³-hybridized carbons (Fsp3) is 0.200. The second kappa shape index (κ2) is 9.37. The number of hydrogen-bond acceptors (Lipinski definition) is 6. The summed E-state index contributed by atoms with van der Waals surface area (Å²) in [5, 5.41) is 3.06. The minimum absolute atomic E-state index is 0.115. The standard InChI is InChI=1S/C20H19ClN4O6S/c1-12-18(19(27)24-20(28)22-12)32(29,30)25(15-6-8-16(31-2)9-7-15)11-17(26)23-14-5-3-4-13(21)10-14/h3-10,18H,11H2,1-2H3,(H,23,26)(H,24,27,28). The van der Waals surface area contributed by atoms with Gasteiger partial charge in [0.1, 0.15) is 12.3 Å². The number of rotatable bonds is 7. The smallest absolute Gasteiger partial charge is 0.347 e. The highest BCUT2D eigenvalue weighted by atomic mass is 35.5. The number of amides is 4. The molecule has 168 valence electrons. The monoisotopic (exact) mass is 478 g/mol. The molecule has 1 aliphatic heterocycles. The topological polar surface area (TPSA) is 134 Å². The molecule has 0 aromatic heterocycles. The van der Waals surface area contributed by atoms with Crippen LogP contribution in [0.1, 0.15) is 6.92 Å². The minimum atomic E-state index is -4.50. The molecule has 0 aliphatic carbocycles. The number of aliphatic imine (C=N–C) groups is 1. The lowest BCUT2D eigenvalue weighted by Gasteiger charge is -2.29. The van der Waals surface area contributed by atoms with Crippen LogP contribution >= 0.6 is 11.6 Å². The molecule has 1 heterocycles. The number of carbonyl (C=O) groups excluding carboxylic acids is 3. The number of sulfonamides is 1. The molecule has 12 heteroatoms. The molecule has 0 spiro atoms. The second-order valence-electron chi connectivity index (χ2n) is 6.74. The first-order valence-corrected chi connectivity index (χ1v) is 11.1. The van der Waals surface area contributed by atoms with Gasteiger partial charge in [-0.15, -0.1) is 0 Å². The summed E-state index contributed by atoms with van der Waals surface area (Å²) in [6, 6.07) is 11.3. The number of imide groups is 1. The fourth-order valence-corrected chi connectivity index (χ4v) is 5.03. The predicted molar refractivity (Wildman–Crippen MR) is 120 cm³/mol. The molecule has 2 aromatic carbocycles. The number of halogens is 1. The molecule has 0 radical (unpaired) electrons. The lowest BCUT2D eigenvalue weighted by molar-refractivity contribution is -0.119. The van der Waals surface area contributed by atoms with Crippen molar-refractivity contribution in [3.63, 3.8) is 0 Å². The summed E-state index contributed by atoms with van der Waals surface area (Å²) in [6.07, 6.45) is 0. The summed E-state index contributed by atoms with van der Waals surface area (Å²) in [4.78, 5) is 40.1. The van der Waals surface area contributed by atoms with E-state index < -0.39 is 39.7 Å². The van der Waals surface area contributed by atoms with E-state index in [2.05, 4.69) is 10.3 Å². The third-order valence-electron chi connectivity index (χ3n) is 4.49. The van der Waals surface area contributed by atoms with Gasteiger partial charge < -0.3 is 10.1 Å². The number of anilines is 2. The van der Waals surface area contributed by atoms with E-state index in [0.29, 0.717) is 16.5 Å². The lowest BCUT2D eigenvalue weighted by Crippen LogP contribution is -2.55. The van der Waals surface area contributed by atoms with E-state index in [1.165, 1.54) is 44.4 Å². The number of hydrogen-bond donors (Lipinski definition) is 2. The molecule has 0 fully saturated rings. The van der Waals surface area contributed by atoms with Crippen LogP contribution in [-0.2, 0) is 19.6 Å². The Hall–Kier alpha value is -3.44. The van der Waals surface area contributed by atoms with Crippen LogP contribution in [0.5, 0.6) is 5.75 Å². The number of nitrogens with one attached hydrogen (secondary N) is 2. The predicted octanol–water partition coefficient (Wildman–Crippen LogP) is 2.20. The van der Waals surface area contributed by atoms with Gasteiger partial charge in [-0.25, -0.2) is 18.2 Å². The third kappa shape index (κ3) is 5.06. The van der Waals surface area contributed by atoms with Crippen molar-refractivity contribution in [3.05, 3.63) is 53.6 Å². The van der Waals surface area contributed by atoms with Crippen LogP contribution < -0.4 is 19.7 Å². The van der Waals surface area contributed by atoms with E-state index in [0.717, 1.165) is 4.31 Å². The van der Waals surface area contributed by atoms with Gasteiger partial charge in [-0.1, -0.05) is 17.7 Å². The zero-order valence-electron chi connectivity index (χ0n) is 17.0. The lowest BCUT2D eigenvalue weighted by atomic mass is 10.2. The van der Waals surface area contributed by atoms with Gasteiger partial charge in [0, 0.05) is 10.7 Å². The van der Waals surface area contributed by atoms with Crippen molar-refractivity contribution in [2.24, 2.45) is 4.99 Å². The van der Waals surface area contributed by atoms with Crippen molar-refractivity contribution in [2.45, 2.75) is 12.2 Å². The molecule has 0 saturated heterocycles. The Morgan fingerprint density at radius 2 is 1.91 bits per heavy atom. The van der Waals surface area contributed by atoms with E-state index in [1.807, 2.05) is 5.32 Å². The zero-order valence-corrected chi connectivity index (χ0v) is 18.6. The van der Waals surface area contributed by atoms with Gasteiger partial charge >= 0.3 is 6.03 Å². The van der Waals surface area contributed by atoms with Gasteiger partial charge in [-0.05, 0) is 49.4 Å². The van der Waals surface area contributed by atoms with Crippen LogP contribution in [0.3, 0.4) is 0 Å². The van der Waals surface area contributed by atoms with E-state index in [1.54, 1.807) is 18.2 Å². The summed E-state index contributed by atoms with van der Waals surface area (Å²) < 4.78 is 32.8. The largest absolute Gasteiger partial charge is 0.497 e. The third-order valence-corrected chi connectivity index (χ3v) is 6.83. The molecule has 2 aromatic rings. The van der Waals surface area contributed by atoms with Crippen molar-refractivity contribution in [1.82, 2.24) is 5.32 Å². The van der Waals surface area contributed by atoms with Crippen molar-refractivity contribution in [3.8, 4) is 5.75 Å². The first-order chi connectivity index (χ1) is 15.1. The van der Waals surface area contributed by atoms with Crippen LogP contribution in [0.2, 0.25) is 5.02 Å². The van der Waals surface area contributed by atoms with Crippen LogP contribution in [0.4, 0.5) is 16.2 Å². The molecule has 32 heavy (non-hydrogen) atoms. The Balaban J connectivity index is 1.98. The van der Waals surface area contributed by atoms with Gasteiger partial charge in [0.15, 0.2) is 5.25 Å². The maximum atomic E-state index is 13.5. The molecule has 2 N–H and O–H groups in total. The van der Waals surface area contributed by atoms with Crippen LogP contribution in [0.15, 0.2) is 53.5 Å². The number of benzene rings is 2. The molecule has 3 rings (SSSR count). The van der Waals surface area contributed by atoms with Gasteiger partial charge in [0.2, 0.25) is 5.91 Å².